The van der Waals surface area contributed by atoms with Crippen LogP contribution >= 0.6 is 11.6 Å². The molecule has 17 heavy (non-hydrogen) atoms. The summed E-state index contributed by atoms with van der Waals surface area (Å²) in [6.45, 7) is 1.14. The molecule has 94 valence electrons. The van der Waals surface area contributed by atoms with Crippen LogP contribution in [0.5, 0.6) is 0 Å². The third-order valence-corrected chi connectivity index (χ3v) is 3.78. The Morgan fingerprint density at radius 1 is 1.47 bits per heavy atom. The van der Waals surface area contributed by atoms with Crippen molar-refractivity contribution in [1.82, 2.24) is 10.2 Å². The molecule has 0 spiro atoms. The van der Waals surface area contributed by atoms with Gasteiger partial charge in [-0.05, 0) is 57.6 Å². The van der Waals surface area contributed by atoms with Crippen molar-refractivity contribution in [2.24, 2.45) is 0 Å². The van der Waals surface area contributed by atoms with Crippen molar-refractivity contribution in [1.29, 1.82) is 0 Å². The Morgan fingerprint density at radius 3 is 2.82 bits per heavy atom. The Bertz CT molecular complexity index is 363. The van der Waals surface area contributed by atoms with Crippen LogP contribution in [0, 0.1) is 0 Å². The van der Waals surface area contributed by atoms with E-state index >= 15 is 0 Å². The predicted molar refractivity (Wildman–Crippen MR) is 73.5 cm³/mol. The van der Waals surface area contributed by atoms with Gasteiger partial charge in [-0.1, -0.05) is 23.7 Å². The smallest absolute Gasteiger partial charge is 0.0409 e. The summed E-state index contributed by atoms with van der Waals surface area (Å²) in [5, 5.41) is 4.19. The van der Waals surface area contributed by atoms with Crippen molar-refractivity contribution in [2.45, 2.75) is 31.3 Å². The van der Waals surface area contributed by atoms with Crippen LogP contribution in [-0.2, 0) is 0 Å². The van der Waals surface area contributed by atoms with Crippen molar-refractivity contribution in [2.75, 3.05) is 20.6 Å². The second-order valence-electron chi connectivity index (χ2n) is 4.90. The molecule has 1 aliphatic carbocycles. The van der Waals surface area contributed by atoms with E-state index in [9.17, 15) is 0 Å². The summed E-state index contributed by atoms with van der Waals surface area (Å²) in [7, 11) is 4.24. The topological polar surface area (TPSA) is 15.3 Å². The molecule has 1 fully saturated rings. The summed E-state index contributed by atoms with van der Waals surface area (Å²) in [6, 6.07) is 9.38. The first-order valence-corrected chi connectivity index (χ1v) is 6.71. The van der Waals surface area contributed by atoms with Gasteiger partial charge in [0.25, 0.3) is 0 Å². The lowest BCUT2D eigenvalue weighted by atomic mass is 10.0. The fraction of sp³-hybridized carbons (Fsp3) is 0.571. The number of nitrogens with zero attached hydrogens (tertiary/aromatic N) is 1. The molecule has 1 aromatic carbocycles. The molecule has 1 unspecified atom stereocenters. The zero-order valence-electron chi connectivity index (χ0n) is 10.6. The van der Waals surface area contributed by atoms with Crippen molar-refractivity contribution in [3.05, 3.63) is 34.9 Å². The van der Waals surface area contributed by atoms with Crippen molar-refractivity contribution in [3.8, 4) is 0 Å². The highest BCUT2D eigenvalue weighted by Crippen LogP contribution is 2.27. The molecule has 0 radical (unpaired) electrons. The van der Waals surface area contributed by atoms with Gasteiger partial charge < -0.3 is 10.2 Å². The minimum Gasteiger partial charge on any atom is -0.313 e. The van der Waals surface area contributed by atoms with E-state index in [4.69, 9.17) is 11.6 Å². The fourth-order valence-corrected chi connectivity index (χ4v) is 2.43. The van der Waals surface area contributed by atoms with E-state index in [1.807, 2.05) is 19.2 Å². The summed E-state index contributed by atoms with van der Waals surface area (Å²) in [6.07, 6.45) is 3.87. The number of nitrogens with one attached hydrogen (secondary N) is 1. The third kappa shape index (κ3) is 3.70. The summed E-state index contributed by atoms with van der Waals surface area (Å²) in [5.74, 6) is 0. The normalized spacial score (nSPS) is 17.4. The van der Waals surface area contributed by atoms with Gasteiger partial charge >= 0.3 is 0 Å². The van der Waals surface area contributed by atoms with Crippen LogP contribution in [0.4, 0.5) is 0 Å². The third-order valence-electron chi connectivity index (χ3n) is 3.54. The zero-order chi connectivity index (χ0) is 12.3. The highest BCUT2D eigenvalue weighted by molar-refractivity contribution is 6.30. The lowest BCUT2D eigenvalue weighted by Gasteiger charge is -2.21. The number of hydrogen-bond donors (Lipinski definition) is 1. The number of rotatable bonds is 6. The van der Waals surface area contributed by atoms with E-state index in [0.29, 0.717) is 6.04 Å². The summed E-state index contributed by atoms with van der Waals surface area (Å²) >= 11 is 6.03. The maximum Gasteiger partial charge on any atom is 0.0409 e. The molecule has 0 heterocycles. The van der Waals surface area contributed by atoms with Gasteiger partial charge in [0.1, 0.15) is 0 Å². The highest BCUT2D eigenvalue weighted by Gasteiger charge is 2.26. The molecule has 1 N–H and O–H groups in total. The molecule has 0 amide bonds. The first-order chi connectivity index (χ1) is 8.20. The summed E-state index contributed by atoms with van der Waals surface area (Å²) in [4.78, 5) is 2.47. The molecular formula is C14H21ClN2. The van der Waals surface area contributed by atoms with Gasteiger partial charge in [-0.3, -0.25) is 0 Å². The van der Waals surface area contributed by atoms with Crippen LogP contribution in [0.3, 0.4) is 0 Å². The van der Waals surface area contributed by atoms with E-state index in [0.717, 1.165) is 24.0 Å². The summed E-state index contributed by atoms with van der Waals surface area (Å²) < 4.78 is 0. The van der Waals surface area contributed by atoms with Gasteiger partial charge in [-0.25, -0.2) is 0 Å². The van der Waals surface area contributed by atoms with E-state index in [1.54, 1.807) is 0 Å². The highest BCUT2D eigenvalue weighted by atomic mass is 35.5. The maximum absolute atomic E-state index is 6.03. The average Bonchev–Trinajstić information content (AvgIpc) is 3.13. The summed E-state index contributed by atoms with van der Waals surface area (Å²) in [5.41, 5.74) is 1.28. The molecule has 1 atom stereocenters. The lowest BCUT2D eigenvalue weighted by molar-refractivity contribution is 0.302. The van der Waals surface area contributed by atoms with E-state index in [-0.39, 0.29) is 0 Å². The van der Waals surface area contributed by atoms with Crippen molar-refractivity contribution >= 4 is 11.6 Å². The minimum absolute atomic E-state index is 0.398. The SMILES string of the molecule is CNC(CCN(C)C1CC1)c1cccc(Cl)c1. The predicted octanol–water partition coefficient (Wildman–Crippen LogP) is 3.08. The Labute approximate surface area is 109 Å². The largest absolute Gasteiger partial charge is 0.313 e. The number of benzene rings is 1. The Kier molecular flexibility index (Phi) is 4.43. The van der Waals surface area contributed by atoms with Gasteiger partial charge in [0.2, 0.25) is 0 Å². The van der Waals surface area contributed by atoms with Crippen LogP contribution in [0.2, 0.25) is 5.02 Å². The molecule has 1 aromatic rings. The quantitative estimate of drug-likeness (QED) is 0.837. The van der Waals surface area contributed by atoms with E-state index in [2.05, 4.69) is 29.4 Å². The molecule has 2 nitrogen and oxygen atoms in total. The first kappa shape index (κ1) is 12.9. The molecule has 0 bridgehead atoms. The van der Waals surface area contributed by atoms with Gasteiger partial charge in [0, 0.05) is 17.1 Å². The maximum atomic E-state index is 6.03. The molecule has 1 saturated carbocycles. The van der Waals surface area contributed by atoms with Crippen LogP contribution in [0.1, 0.15) is 30.9 Å². The van der Waals surface area contributed by atoms with Crippen LogP contribution < -0.4 is 5.32 Å². The van der Waals surface area contributed by atoms with Crippen molar-refractivity contribution in [3.63, 3.8) is 0 Å². The van der Waals surface area contributed by atoms with Crippen LogP contribution in [0.25, 0.3) is 0 Å². The van der Waals surface area contributed by atoms with Crippen LogP contribution in [0.15, 0.2) is 24.3 Å². The lowest BCUT2D eigenvalue weighted by Crippen LogP contribution is -2.26. The molecule has 0 aliphatic heterocycles. The van der Waals surface area contributed by atoms with Crippen molar-refractivity contribution < 1.29 is 0 Å². The monoisotopic (exact) mass is 252 g/mol. The van der Waals surface area contributed by atoms with E-state index < -0.39 is 0 Å². The fourth-order valence-electron chi connectivity index (χ4n) is 2.23. The van der Waals surface area contributed by atoms with Gasteiger partial charge in [0.15, 0.2) is 0 Å². The standard InChI is InChI=1S/C14H21ClN2/c1-16-14(8-9-17(2)13-6-7-13)11-4-3-5-12(15)10-11/h3-5,10,13-14,16H,6-9H2,1-2H3. The molecular weight excluding hydrogens is 232 g/mol. The minimum atomic E-state index is 0.398. The molecule has 1 aliphatic rings. The average molecular weight is 253 g/mol. The van der Waals surface area contributed by atoms with Gasteiger partial charge in [0.05, 0.1) is 0 Å². The number of hydrogen-bond acceptors (Lipinski definition) is 2. The first-order valence-electron chi connectivity index (χ1n) is 6.33. The molecule has 0 saturated heterocycles. The Hall–Kier alpha value is -0.570. The number of halogens is 1. The van der Waals surface area contributed by atoms with Crippen LogP contribution in [-0.4, -0.2) is 31.6 Å². The van der Waals surface area contributed by atoms with E-state index in [1.165, 1.54) is 18.4 Å². The molecule has 2 rings (SSSR count). The van der Waals surface area contributed by atoms with Gasteiger partial charge in [-0.15, -0.1) is 0 Å². The Morgan fingerprint density at radius 2 is 2.24 bits per heavy atom. The van der Waals surface area contributed by atoms with Gasteiger partial charge in [-0.2, -0.15) is 0 Å². The molecule has 3 heteroatoms. The second kappa shape index (κ2) is 5.85. The Balaban J connectivity index is 1.91. The zero-order valence-corrected chi connectivity index (χ0v) is 11.4. The second-order valence-corrected chi connectivity index (χ2v) is 5.33. The molecule has 0 aromatic heterocycles.